The second kappa shape index (κ2) is 7.54. The molecule has 0 saturated carbocycles. The molecule has 10 nitrogen and oxygen atoms in total. The van der Waals surface area contributed by atoms with Crippen LogP contribution < -0.4 is 11.1 Å². The number of esters is 1. The van der Waals surface area contributed by atoms with Crippen molar-refractivity contribution in [3.05, 3.63) is 18.2 Å². The van der Waals surface area contributed by atoms with Gasteiger partial charge in [-0.15, -0.1) is 0 Å². The largest absolute Gasteiger partial charge is 0.452 e. The molecule has 2 aliphatic rings. The number of nitrogens with one attached hydrogen (secondary N) is 2. The quantitative estimate of drug-likeness (QED) is 0.531. The van der Waals surface area contributed by atoms with Crippen molar-refractivity contribution in [2.45, 2.75) is 50.3 Å². The summed E-state index contributed by atoms with van der Waals surface area (Å²) >= 11 is 0. The molecule has 0 radical (unpaired) electrons. The summed E-state index contributed by atoms with van der Waals surface area (Å²) in [6, 6.07) is -1.59. The number of ether oxygens (including phenoxy) is 1. The zero-order valence-corrected chi connectivity index (χ0v) is 14.1. The van der Waals surface area contributed by atoms with E-state index in [0.717, 1.165) is 0 Å². The van der Waals surface area contributed by atoms with Crippen molar-refractivity contribution in [1.82, 2.24) is 20.2 Å². The molecular formula is C16H21N5O5. The fraction of sp³-hybridized carbons (Fsp3) is 0.562. The Bertz CT molecular complexity index is 704. The standard InChI is InChI=1S/C16H21N5O5/c17-14(23)11-2-1-5-21(11)16(25)10(6-9-7-18-8-19-9)20-15(24)12-3-4-13(22)26-12/h7-8,10-12H,1-6H2,(H2,17,23)(H,18,19)(H,20,24)/t10-,11-,12?/m0/s1. The maximum absolute atomic E-state index is 13.0. The second-order valence-corrected chi connectivity index (χ2v) is 6.45. The van der Waals surface area contributed by atoms with Gasteiger partial charge in [-0.3, -0.25) is 19.2 Å². The molecule has 2 fully saturated rings. The van der Waals surface area contributed by atoms with Gasteiger partial charge < -0.3 is 25.7 Å². The van der Waals surface area contributed by atoms with Crippen LogP contribution >= 0.6 is 0 Å². The van der Waals surface area contributed by atoms with E-state index in [4.69, 9.17) is 10.5 Å². The number of carbonyl (C=O) groups is 4. The number of H-pyrrole nitrogens is 1. The van der Waals surface area contributed by atoms with Crippen molar-refractivity contribution in [3.63, 3.8) is 0 Å². The van der Waals surface area contributed by atoms with Crippen LogP contribution in [0.15, 0.2) is 12.5 Å². The molecule has 3 heterocycles. The summed E-state index contributed by atoms with van der Waals surface area (Å²) in [7, 11) is 0. The zero-order valence-electron chi connectivity index (χ0n) is 14.1. The molecule has 4 N–H and O–H groups in total. The van der Waals surface area contributed by atoms with Crippen LogP contribution in [0.3, 0.4) is 0 Å². The number of hydrogen-bond acceptors (Lipinski definition) is 6. The van der Waals surface area contributed by atoms with E-state index in [1.165, 1.54) is 11.2 Å². The molecule has 0 aromatic carbocycles. The Morgan fingerprint density at radius 1 is 1.42 bits per heavy atom. The highest BCUT2D eigenvalue weighted by atomic mass is 16.6. The molecule has 3 atom stereocenters. The second-order valence-electron chi connectivity index (χ2n) is 6.45. The number of cyclic esters (lactones) is 1. The summed E-state index contributed by atoms with van der Waals surface area (Å²) in [5.74, 6) is -1.91. The topological polar surface area (TPSA) is 147 Å². The molecule has 0 bridgehead atoms. The number of rotatable bonds is 6. The molecule has 3 amide bonds. The fourth-order valence-electron chi connectivity index (χ4n) is 3.32. The van der Waals surface area contributed by atoms with Gasteiger partial charge in [-0.2, -0.15) is 0 Å². The van der Waals surface area contributed by atoms with E-state index in [-0.39, 0.29) is 19.3 Å². The molecule has 1 unspecified atom stereocenters. The van der Waals surface area contributed by atoms with Crippen LogP contribution in [-0.4, -0.2) is 63.3 Å². The van der Waals surface area contributed by atoms with Crippen molar-refractivity contribution >= 4 is 23.7 Å². The number of carbonyl (C=O) groups excluding carboxylic acids is 4. The third kappa shape index (κ3) is 3.84. The number of imidazole rings is 1. The summed E-state index contributed by atoms with van der Waals surface area (Å²) < 4.78 is 4.95. The minimum Gasteiger partial charge on any atom is -0.452 e. The number of nitrogens with zero attached hydrogens (tertiary/aromatic N) is 2. The number of primary amides is 1. The number of likely N-dealkylation sites (tertiary alicyclic amines) is 1. The van der Waals surface area contributed by atoms with Crippen molar-refractivity contribution in [1.29, 1.82) is 0 Å². The van der Waals surface area contributed by atoms with Crippen LogP contribution in [0.1, 0.15) is 31.4 Å². The van der Waals surface area contributed by atoms with E-state index in [1.54, 1.807) is 6.20 Å². The minimum atomic E-state index is -0.915. The first-order chi connectivity index (χ1) is 12.5. The van der Waals surface area contributed by atoms with Crippen molar-refractivity contribution in [2.24, 2.45) is 5.73 Å². The lowest BCUT2D eigenvalue weighted by molar-refractivity contribution is -0.149. The average molecular weight is 363 g/mol. The Kier molecular flexibility index (Phi) is 5.19. The minimum absolute atomic E-state index is 0.174. The van der Waals surface area contributed by atoms with Crippen molar-refractivity contribution < 1.29 is 23.9 Å². The first-order valence-electron chi connectivity index (χ1n) is 8.52. The fourth-order valence-corrected chi connectivity index (χ4v) is 3.32. The van der Waals surface area contributed by atoms with E-state index in [0.29, 0.717) is 25.1 Å². The molecule has 0 aliphatic carbocycles. The molecule has 140 valence electrons. The molecule has 0 spiro atoms. The summed E-state index contributed by atoms with van der Waals surface area (Å²) in [4.78, 5) is 56.4. The highest BCUT2D eigenvalue weighted by Gasteiger charge is 2.38. The number of amides is 3. The molecular weight excluding hydrogens is 342 g/mol. The molecule has 26 heavy (non-hydrogen) atoms. The van der Waals surface area contributed by atoms with Gasteiger partial charge in [0.15, 0.2) is 6.10 Å². The van der Waals surface area contributed by atoms with Gasteiger partial charge in [0.05, 0.1) is 6.33 Å². The highest BCUT2D eigenvalue weighted by Crippen LogP contribution is 2.20. The lowest BCUT2D eigenvalue weighted by atomic mass is 10.1. The summed E-state index contributed by atoms with van der Waals surface area (Å²) in [5, 5.41) is 2.65. The molecule has 1 aromatic heterocycles. The Morgan fingerprint density at radius 2 is 2.23 bits per heavy atom. The van der Waals surface area contributed by atoms with Crippen LogP contribution in [0.5, 0.6) is 0 Å². The molecule has 10 heteroatoms. The van der Waals surface area contributed by atoms with Crippen LogP contribution in [0, 0.1) is 0 Å². The van der Waals surface area contributed by atoms with Gasteiger partial charge in [-0.25, -0.2) is 4.98 Å². The van der Waals surface area contributed by atoms with Gasteiger partial charge in [0, 0.05) is 37.7 Å². The lowest BCUT2D eigenvalue weighted by Crippen LogP contribution is -2.55. The predicted octanol–water partition coefficient (Wildman–Crippen LogP) is -1.38. The van der Waals surface area contributed by atoms with E-state index < -0.39 is 41.9 Å². The Balaban J connectivity index is 1.74. The predicted molar refractivity (Wildman–Crippen MR) is 87.3 cm³/mol. The van der Waals surface area contributed by atoms with Gasteiger partial charge in [0.2, 0.25) is 11.8 Å². The Morgan fingerprint density at radius 3 is 2.85 bits per heavy atom. The maximum atomic E-state index is 13.0. The Hall–Kier alpha value is -2.91. The van der Waals surface area contributed by atoms with Crippen molar-refractivity contribution in [3.8, 4) is 0 Å². The van der Waals surface area contributed by atoms with Crippen molar-refractivity contribution in [2.75, 3.05) is 6.54 Å². The average Bonchev–Trinajstić information content (AvgIpc) is 3.34. The van der Waals surface area contributed by atoms with E-state index in [1.807, 2.05) is 0 Å². The first kappa shape index (κ1) is 17.9. The lowest BCUT2D eigenvalue weighted by Gasteiger charge is -2.28. The molecule has 3 rings (SSSR count). The monoisotopic (exact) mass is 363 g/mol. The summed E-state index contributed by atoms with van der Waals surface area (Å²) in [6.45, 7) is 0.403. The van der Waals surface area contributed by atoms with Crippen LogP contribution in [0.2, 0.25) is 0 Å². The van der Waals surface area contributed by atoms with E-state index in [2.05, 4.69) is 15.3 Å². The molecule has 1 aromatic rings. The van der Waals surface area contributed by atoms with Gasteiger partial charge >= 0.3 is 5.97 Å². The number of nitrogens with two attached hydrogens (primary N) is 1. The maximum Gasteiger partial charge on any atom is 0.306 e. The number of hydrogen-bond donors (Lipinski definition) is 3. The van der Waals surface area contributed by atoms with Gasteiger partial charge in [0.25, 0.3) is 5.91 Å². The van der Waals surface area contributed by atoms with Crippen LogP contribution in [0.4, 0.5) is 0 Å². The van der Waals surface area contributed by atoms with E-state index >= 15 is 0 Å². The number of aromatic amines is 1. The molecule has 2 aliphatic heterocycles. The van der Waals surface area contributed by atoms with Crippen LogP contribution in [0.25, 0.3) is 0 Å². The first-order valence-corrected chi connectivity index (χ1v) is 8.52. The SMILES string of the molecule is NC(=O)[C@@H]1CCCN1C(=O)[C@H](Cc1cnc[nH]1)NC(=O)C1CCC(=O)O1. The van der Waals surface area contributed by atoms with E-state index in [9.17, 15) is 19.2 Å². The Labute approximate surface area is 149 Å². The normalized spacial score (nSPS) is 23.5. The third-order valence-corrected chi connectivity index (χ3v) is 4.63. The van der Waals surface area contributed by atoms with Crippen LogP contribution in [-0.2, 0) is 30.3 Å². The summed E-state index contributed by atoms with van der Waals surface area (Å²) in [5.41, 5.74) is 6.04. The smallest absolute Gasteiger partial charge is 0.306 e. The number of aromatic nitrogens is 2. The van der Waals surface area contributed by atoms with Gasteiger partial charge in [-0.1, -0.05) is 0 Å². The van der Waals surface area contributed by atoms with Gasteiger partial charge in [0.1, 0.15) is 12.1 Å². The highest BCUT2D eigenvalue weighted by molar-refractivity contribution is 5.94. The summed E-state index contributed by atoms with van der Waals surface area (Å²) in [6.07, 6.45) is 3.93. The third-order valence-electron chi connectivity index (χ3n) is 4.63. The molecule has 2 saturated heterocycles. The zero-order chi connectivity index (χ0) is 18.7. The van der Waals surface area contributed by atoms with Gasteiger partial charge in [-0.05, 0) is 12.8 Å².